The van der Waals surface area contributed by atoms with E-state index >= 15 is 0 Å². The standard InChI is InChI=1S/C22H26N4O3S/c1-17(23-21-19-9-5-6-10-20(19)30(28,29)24-21)22(27)26-15-13-25(14-16-26)12-11-18-7-3-2-4-8-18/h2-10,17H,11-16H2,1H3,(H,23,24)/t17-/m0/s1. The predicted octanol–water partition coefficient (Wildman–Crippen LogP) is 1.50. The number of hydrogen-bond acceptors (Lipinski definition) is 5. The number of rotatable bonds is 5. The Morgan fingerprint density at radius 2 is 1.70 bits per heavy atom. The third-order valence-electron chi connectivity index (χ3n) is 5.59. The lowest BCUT2D eigenvalue weighted by Crippen LogP contribution is -2.51. The van der Waals surface area contributed by atoms with Crippen molar-refractivity contribution in [3.05, 3.63) is 65.7 Å². The Labute approximate surface area is 177 Å². The fraction of sp³-hybridized carbons (Fsp3) is 0.364. The van der Waals surface area contributed by atoms with Gasteiger partial charge in [-0.2, -0.15) is 0 Å². The molecule has 0 radical (unpaired) electrons. The van der Waals surface area contributed by atoms with Crippen LogP contribution in [-0.2, 0) is 21.2 Å². The molecule has 2 heterocycles. The molecule has 1 amide bonds. The third-order valence-corrected chi connectivity index (χ3v) is 6.98. The molecule has 30 heavy (non-hydrogen) atoms. The number of hydrogen-bond donors (Lipinski definition) is 1. The zero-order valence-electron chi connectivity index (χ0n) is 17.0. The van der Waals surface area contributed by atoms with Crippen LogP contribution in [0, 0.1) is 0 Å². The van der Waals surface area contributed by atoms with Crippen molar-refractivity contribution in [2.24, 2.45) is 4.99 Å². The molecule has 1 saturated heterocycles. The largest absolute Gasteiger partial charge is 0.338 e. The SMILES string of the molecule is C[C@H](N=C1NS(=O)(=O)c2ccccc21)C(=O)N1CCN(CCc2ccccc2)CC1. The number of nitrogens with one attached hydrogen (secondary N) is 1. The summed E-state index contributed by atoms with van der Waals surface area (Å²) in [5.41, 5.74) is 1.84. The van der Waals surface area contributed by atoms with Crippen LogP contribution in [0.2, 0.25) is 0 Å². The second-order valence-corrected chi connectivity index (χ2v) is 9.31. The van der Waals surface area contributed by atoms with Gasteiger partial charge in [0.2, 0.25) is 5.91 Å². The lowest BCUT2D eigenvalue weighted by atomic mass is 10.1. The van der Waals surface area contributed by atoms with Crippen LogP contribution in [0.3, 0.4) is 0 Å². The quantitative estimate of drug-likeness (QED) is 0.786. The first-order valence-corrected chi connectivity index (χ1v) is 11.7. The molecular weight excluding hydrogens is 400 g/mol. The van der Waals surface area contributed by atoms with E-state index in [1.54, 1.807) is 31.2 Å². The van der Waals surface area contributed by atoms with E-state index in [1.165, 1.54) is 5.56 Å². The summed E-state index contributed by atoms with van der Waals surface area (Å²) in [5.74, 6) is 0.168. The van der Waals surface area contributed by atoms with Gasteiger partial charge in [-0.25, -0.2) is 8.42 Å². The van der Waals surface area contributed by atoms with Crippen molar-refractivity contribution in [3.8, 4) is 0 Å². The highest BCUT2D eigenvalue weighted by molar-refractivity contribution is 7.90. The molecule has 158 valence electrons. The Morgan fingerprint density at radius 1 is 1.03 bits per heavy atom. The maximum atomic E-state index is 12.9. The molecule has 0 unspecified atom stereocenters. The van der Waals surface area contributed by atoms with Crippen LogP contribution < -0.4 is 4.72 Å². The number of amidine groups is 1. The molecule has 2 aromatic carbocycles. The molecule has 2 aliphatic rings. The lowest BCUT2D eigenvalue weighted by molar-refractivity contribution is -0.133. The summed E-state index contributed by atoms with van der Waals surface area (Å²) in [5, 5.41) is 0. The summed E-state index contributed by atoms with van der Waals surface area (Å²) in [4.78, 5) is 21.7. The van der Waals surface area contributed by atoms with Crippen molar-refractivity contribution in [3.63, 3.8) is 0 Å². The molecule has 7 nitrogen and oxygen atoms in total. The van der Waals surface area contributed by atoms with Gasteiger partial charge in [-0.1, -0.05) is 42.5 Å². The van der Waals surface area contributed by atoms with Gasteiger partial charge in [0.25, 0.3) is 10.0 Å². The summed E-state index contributed by atoms with van der Waals surface area (Å²) in [6.07, 6.45) is 0.998. The van der Waals surface area contributed by atoms with E-state index in [2.05, 4.69) is 38.9 Å². The number of sulfonamides is 1. The van der Waals surface area contributed by atoms with Gasteiger partial charge in [0.1, 0.15) is 11.9 Å². The topological polar surface area (TPSA) is 82.1 Å². The smallest absolute Gasteiger partial charge is 0.263 e. The number of benzene rings is 2. The van der Waals surface area contributed by atoms with Crippen LogP contribution in [-0.4, -0.2) is 68.7 Å². The van der Waals surface area contributed by atoms with Gasteiger partial charge in [-0.3, -0.25) is 19.4 Å². The van der Waals surface area contributed by atoms with Crippen LogP contribution in [0.25, 0.3) is 0 Å². The number of aliphatic imine (C=N–C) groups is 1. The fourth-order valence-corrected chi connectivity index (χ4v) is 5.11. The molecule has 2 aliphatic heterocycles. The molecule has 0 bridgehead atoms. The molecule has 8 heteroatoms. The first kappa shape index (κ1) is 20.6. The van der Waals surface area contributed by atoms with Crippen LogP contribution in [0.5, 0.6) is 0 Å². The number of carbonyl (C=O) groups excluding carboxylic acids is 1. The van der Waals surface area contributed by atoms with Gasteiger partial charge in [0.05, 0.1) is 4.90 Å². The molecule has 0 aromatic heterocycles. The van der Waals surface area contributed by atoms with Crippen molar-refractivity contribution in [2.45, 2.75) is 24.3 Å². The molecule has 0 saturated carbocycles. The molecule has 1 fully saturated rings. The first-order chi connectivity index (χ1) is 14.4. The molecular formula is C22H26N4O3S. The van der Waals surface area contributed by atoms with Crippen molar-refractivity contribution >= 4 is 21.8 Å². The summed E-state index contributed by atoms with van der Waals surface area (Å²) in [7, 11) is -3.60. The molecule has 0 spiro atoms. The van der Waals surface area contributed by atoms with E-state index < -0.39 is 16.1 Å². The van der Waals surface area contributed by atoms with E-state index in [-0.39, 0.29) is 16.6 Å². The minimum Gasteiger partial charge on any atom is -0.338 e. The maximum absolute atomic E-state index is 12.9. The molecule has 0 aliphatic carbocycles. The van der Waals surface area contributed by atoms with Crippen molar-refractivity contribution < 1.29 is 13.2 Å². The molecule has 4 rings (SSSR count). The molecule has 2 aromatic rings. The summed E-state index contributed by atoms with van der Waals surface area (Å²) < 4.78 is 26.9. The van der Waals surface area contributed by atoms with Gasteiger partial charge in [0.15, 0.2) is 0 Å². The Morgan fingerprint density at radius 3 is 2.43 bits per heavy atom. The highest BCUT2D eigenvalue weighted by Crippen LogP contribution is 2.22. The normalized spacial score (nSPS) is 20.6. The van der Waals surface area contributed by atoms with Crippen LogP contribution in [0.4, 0.5) is 0 Å². The van der Waals surface area contributed by atoms with Crippen molar-refractivity contribution in [1.29, 1.82) is 0 Å². The van der Waals surface area contributed by atoms with Gasteiger partial charge >= 0.3 is 0 Å². The summed E-state index contributed by atoms with van der Waals surface area (Å²) >= 11 is 0. The van der Waals surface area contributed by atoms with Gasteiger partial charge < -0.3 is 4.90 Å². The van der Waals surface area contributed by atoms with E-state index in [1.807, 2.05) is 11.0 Å². The average Bonchev–Trinajstić information content (AvgIpc) is 3.03. The number of fused-ring (bicyclic) bond motifs is 1. The lowest BCUT2D eigenvalue weighted by Gasteiger charge is -2.35. The predicted molar refractivity (Wildman–Crippen MR) is 116 cm³/mol. The highest BCUT2D eigenvalue weighted by Gasteiger charge is 2.32. The number of nitrogens with zero attached hydrogens (tertiary/aromatic N) is 3. The minimum atomic E-state index is -3.60. The average molecular weight is 427 g/mol. The number of carbonyl (C=O) groups is 1. The summed E-state index contributed by atoms with van der Waals surface area (Å²) in [6, 6.07) is 16.4. The van der Waals surface area contributed by atoms with E-state index in [0.29, 0.717) is 18.7 Å². The van der Waals surface area contributed by atoms with Crippen molar-refractivity contribution in [2.75, 3.05) is 32.7 Å². The minimum absolute atomic E-state index is 0.0752. The summed E-state index contributed by atoms with van der Waals surface area (Å²) in [6.45, 7) is 5.67. The molecule has 1 N–H and O–H groups in total. The fourth-order valence-electron chi connectivity index (χ4n) is 3.87. The molecule has 1 atom stereocenters. The van der Waals surface area contributed by atoms with Crippen molar-refractivity contribution in [1.82, 2.24) is 14.5 Å². The van der Waals surface area contributed by atoms with E-state index in [9.17, 15) is 13.2 Å². The monoisotopic (exact) mass is 426 g/mol. The Balaban J connectivity index is 1.34. The Hall–Kier alpha value is -2.71. The highest BCUT2D eigenvalue weighted by atomic mass is 32.2. The van der Waals surface area contributed by atoms with Crippen LogP contribution in [0.15, 0.2) is 64.5 Å². The zero-order chi connectivity index (χ0) is 21.1. The maximum Gasteiger partial charge on any atom is 0.263 e. The van der Waals surface area contributed by atoms with E-state index in [4.69, 9.17) is 0 Å². The van der Waals surface area contributed by atoms with Gasteiger partial charge in [-0.05, 0) is 31.0 Å². The number of amides is 1. The Kier molecular flexibility index (Phi) is 5.87. The first-order valence-electron chi connectivity index (χ1n) is 10.2. The van der Waals surface area contributed by atoms with Crippen LogP contribution >= 0.6 is 0 Å². The third kappa shape index (κ3) is 4.39. The van der Waals surface area contributed by atoms with Crippen LogP contribution in [0.1, 0.15) is 18.1 Å². The number of piperazine rings is 1. The second-order valence-electron chi connectivity index (χ2n) is 7.66. The Bertz CT molecular complexity index is 1050. The van der Waals surface area contributed by atoms with Gasteiger partial charge in [0, 0.05) is 38.3 Å². The van der Waals surface area contributed by atoms with Gasteiger partial charge in [-0.15, -0.1) is 0 Å². The zero-order valence-corrected chi connectivity index (χ0v) is 17.8. The second kappa shape index (κ2) is 8.57. The van der Waals surface area contributed by atoms with E-state index in [0.717, 1.165) is 26.1 Å².